The second-order valence-electron chi connectivity index (χ2n) is 11.2. The van der Waals surface area contributed by atoms with Crippen molar-refractivity contribution in [2.24, 2.45) is 0 Å². The zero-order chi connectivity index (χ0) is 26.0. The van der Waals surface area contributed by atoms with Gasteiger partial charge in [0.25, 0.3) is 5.91 Å². The normalized spacial score (nSPS) is 15.5. The number of imidazole rings is 1. The summed E-state index contributed by atoms with van der Waals surface area (Å²) in [6.07, 6.45) is 0.974. The van der Waals surface area contributed by atoms with Gasteiger partial charge in [0, 0.05) is 33.8 Å². The number of benzene rings is 1. The summed E-state index contributed by atoms with van der Waals surface area (Å²) >= 11 is 9.78. The van der Waals surface area contributed by atoms with Gasteiger partial charge in [-0.3, -0.25) is 9.36 Å². The van der Waals surface area contributed by atoms with E-state index < -0.39 is 13.7 Å². The molecule has 2 aromatic rings. The predicted molar refractivity (Wildman–Crippen MR) is 145 cm³/mol. The summed E-state index contributed by atoms with van der Waals surface area (Å²) in [5, 5.41) is 3.63. The van der Waals surface area contributed by atoms with Crippen LogP contribution >= 0.6 is 27.5 Å². The third-order valence-corrected chi connectivity index (χ3v) is 8.76. The van der Waals surface area contributed by atoms with E-state index >= 15 is 0 Å². The number of fused-ring (bicyclic) bond motifs is 1. The van der Waals surface area contributed by atoms with E-state index in [1.165, 1.54) is 0 Å². The number of hydrogen-bond acceptors (Lipinski definition) is 5. The SMILES string of the molecule is CC(C)(C)OC(=O)N1CCC(NC(=O)c2nc3c(Br)c(Cl)ccc3n2COCC[Si](C)(C)C)CC1. The van der Waals surface area contributed by atoms with Crippen molar-refractivity contribution in [1.29, 1.82) is 0 Å². The molecule has 1 aromatic heterocycles. The molecule has 1 fully saturated rings. The number of likely N-dealkylation sites (tertiary alicyclic amines) is 1. The number of aromatic nitrogens is 2. The van der Waals surface area contributed by atoms with Gasteiger partial charge in [0.05, 0.1) is 15.0 Å². The summed E-state index contributed by atoms with van der Waals surface area (Å²) in [6.45, 7) is 14.4. The van der Waals surface area contributed by atoms with Gasteiger partial charge in [0.15, 0.2) is 0 Å². The predicted octanol–water partition coefficient (Wildman–Crippen LogP) is 5.89. The Kier molecular flexibility index (Phi) is 8.94. The summed E-state index contributed by atoms with van der Waals surface area (Å²) < 4.78 is 13.9. The van der Waals surface area contributed by atoms with Crippen LogP contribution < -0.4 is 5.32 Å². The van der Waals surface area contributed by atoms with Crippen LogP contribution in [0.3, 0.4) is 0 Å². The van der Waals surface area contributed by atoms with E-state index in [4.69, 9.17) is 21.1 Å². The summed E-state index contributed by atoms with van der Waals surface area (Å²) in [5.41, 5.74) is 0.866. The topological polar surface area (TPSA) is 85.7 Å². The minimum Gasteiger partial charge on any atom is -0.444 e. The third-order valence-electron chi connectivity index (χ3n) is 5.71. The van der Waals surface area contributed by atoms with Gasteiger partial charge in [-0.25, -0.2) is 9.78 Å². The molecule has 1 aliphatic rings. The fourth-order valence-corrected chi connectivity index (χ4v) is 5.09. The zero-order valence-electron chi connectivity index (χ0n) is 21.4. The highest BCUT2D eigenvalue weighted by molar-refractivity contribution is 9.10. The van der Waals surface area contributed by atoms with Crippen molar-refractivity contribution < 1.29 is 19.1 Å². The number of rotatable bonds is 7. The maximum Gasteiger partial charge on any atom is 0.410 e. The molecule has 11 heteroatoms. The molecule has 0 saturated carbocycles. The number of carbonyl (C=O) groups is 2. The van der Waals surface area contributed by atoms with Crippen molar-refractivity contribution in [2.45, 2.75) is 77.7 Å². The minimum atomic E-state index is -1.23. The molecular weight excluding hydrogens is 552 g/mol. The molecule has 0 spiro atoms. The van der Waals surface area contributed by atoms with Crippen molar-refractivity contribution in [3.63, 3.8) is 0 Å². The summed E-state index contributed by atoms with van der Waals surface area (Å²) in [7, 11) is -1.23. The van der Waals surface area contributed by atoms with Gasteiger partial charge >= 0.3 is 6.09 Å². The Morgan fingerprint density at radius 2 is 1.89 bits per heavy atom. The Hall–Kier alpha value is -1.62. The number of nitrogens with zero attached hydrogens (tertiary/aromatic N) is 3. The molecule has 1 aromatic carbocycles. The maximum atomic E-state index is 13.3. The average molecular weight is 588 g/mol. The molecular formula is C24H36BrClN4O4Si. The van der Waals surface area contributed by atoms with E-state index in [-0.39, 0.29) is 30.6 Å². The lowest BCUT2D eigenvalue weighted by Crippen LogP contribution is -2.48. The maximum absolute atomic E-state index is 13.3. The fourth-order valence-electron chi connectivity index (χ4n) is 3.76. The zero-order valence-corrected chi connectivity index (χ0v) is 24.8. The number of hydrogen-bond donors (Lipinski definition) is 1. The first-order valence-electron chi connectivity index (χ1n) is 12.0. The molecule has 0 radical (unpaired) electrons. The average Bonchev–Trinajstić information content (AvgIpc) is 3.12. The van der Waals surface area contributed by atoms with Gasteiger partial charge in [0.1, 0.15) is 17.8 Å². The molecule has 1 saturated heterocycles. The van der Waals surface area contributed by atoms with Gasteiger partial charge in [-0.1, -0.05) is 31.2 Å². The lowest BCUT2D eigenvalue weighted by molar-refractivity contribution is 0.0199. The van der Waals surface area contributed by atoms with Crippen LogP contribution in [-0.4, -0.2) is 65.9 Å². The first kappa shape index (κ1) is 28.0. The molecule has 2 amide bonds. The van der Waals surface area contributed by atoms with E-state index in [2.05, 4.69) is 45.9 Å². The minimum absolute atomic E-state index is 0.0608. The van der Waals surface area contributed by atoms with Crippen LogP contribution in [0.25, 0.3) is 11.0 Å². The number of nitrogens with one attached hydrogen (secondary N) is 1. The van der Waals surface area contributed by atoms with Crippen molar-refractivity contribution >= 4 is 58.6 Å². The smallest absolute Gasteiger partial charge is 0.410 e. The number of halogens is 2. The van der Waals surface area contributed by atoms with Gasteiger partial charge in [-0.15, -0.1) is 0 Å². The van der Waals surface area contributed by atoms with Crippen molar-refractivity contribution in [3.8, 4) is 0 Å². The monoisotopic (exact) mass is 586 g/mol. The Labute approximate surface area is 221 Å². The Bertz CT molecular complexity index is 1070. The molecule has 8 nitrogen and oxygen atoms in total. The van der Waals surface area contributed by atoms with Gasteiger partial charge < -0.3 is 19.7 Å². The number of piperidine rings is 1. The van der Waals surface area contributed by atoms with Crippen LogP contribution in [0.15, 0.2) is 16.6 Å². The van der Waals surface area contributed by atoms with Crippen LogP contribution in [0.1, 0.15) is 44.2 Å². The molecule has 194 valence electrons. The summed E-state index contributed by atoms with van der Waals surface area (Å²) in [6, 6.07) is 4.61. The first-order valence-corrected chi connectivity index (χ1v) is 16.8. The fraction of sp³-hybridized carbons (Fsp3) is 0.625. The highest BCUT2D eigenvalue weighted by Gasteiger charge is 2.29. The summed E-state index contributed by atoms with van der Waals surface area (Å²) in [4.78, 5) is 31.9. The Morgan fingerprint density at radius 1 is 1.23 bits per heavy atom. The molecule has 3 rings (SSSR count). The van der Waals surface area contributed by atoms with Crippen LogP contribution in [-0.2, 0) is 16.2 Å². The molecule has 0 unspecified atom stereocenters. The van der Waals surface area contributed by atoms with E-state index in [1.807, 2.05) is 26.8 Å². The standard InChI is InChI=1S/C24H36BrClN4O4Si/c1-24(2,3)34-23(32)29-11-9-16(10-12-29)27-22(31)21-28-20-18(8-7-17(26)19(20)25)30(21)15-33-13-14-35(4,5)6/h7-8,16H,9-15H2,1-6H3,(H,27,31). The Balaban J connectivity index is 1.70. The first-order chi connectivity index (χ1) is 16.2. The number of amides is 2. The Morgan fingerprint density at radius 3 is 2.49 bits per heavy atom. The largest absolute Gasteiger partial charge is 0.444 e. The van der Waals surface area contributed by atoms with Crippen LogP contribution in [0.4, 0.5) is 4.79 Å². The van der Waals surface area contributed by atoms with Crippen molar-refractivity contribution in [3.05, 3.63) is 27.5 Å². The quantitative estimate of drug-likeness (QED) is 0.322. The molecule has 1 N–H and O–H groups in total. The highest BCUT2D eigenvalue weighted by Crippen LogP contribution is 2.31. The van der Waals surface area contributed by atoms with Crippen LogP contribution in [0.5, 0.6) is 0 Å². The second kappa shape index (κ2) is 11.2. The molecule has 35 heavy (non-hydrogen) atoms. The van der Waals surface area contributed by atoms with Crippen LogP contribution in [0.2, 0.25) is 30.7 Å². The number of ether oxygens (including phenoxy) is 2. The van der Waals surface area contributed by atoms with Crippen molar-refractivity contribution in [2.75, 3.05) is 19.7 Å². The van der Waals surface area contributed by atoms with E-state index in [0.29, 0.717) is 47.6 Å². The molecule has 0 bridgehead atoms. The lowest BCUT2D eigenvalue weighted by Gasteiger charge is -2.33. The summed E-state index contributed by atoms with van der Waals surface area (Å²) in [5.74, 6) is 0.0132. The molecule has 0 atom stereocenters. The number of carbonyl (C=O) groups excluding carboxylic acids is 2. The molecule has 0 aliphatic carbocycles. The van der Waals surface area contributed by atoms with Crippen LogP contribution in [0, 0.1) is 0 Å². The molecule has 2 heterocycles. The van der Waals surface area contributed by atoms with E-state index in [1.54, 1.807) is 15.5 Å². The van der Waals surface area contributed by atoms with Crippen molar-refractivity contribution in [1.82, 2.24) is 19.8 Å². The third kappa shape index (κ3) is 7.68. The molecule has 1 aliphatic heterocycles. The highest BCUT2D eigenvalue weighted by atomic mass is 79.9. The second-order valence-corrected chi connectivity index (χ2v) is 18.0. The lowest BCUT2D eigenvalue weighted by atomic mass is 10.1. The van der Waals surface area contributed by atoms with E-state index in [0.717, 1.165) is 11.6 Å². The van der Waals surface area contributed by atoms with Gasteiger partial charge in [-0.05, 0) is 67.7 Å². The van der Waals surface area contributed by atoms with Gasteiger partial charge in [0.2, 0.25) is 5.82 Å². The van der Waals surface area contributed by atoms with E-state index in [9.17, 15) is 9.59 Å². The van der Waals surface area contributed by atoms with Gasteiger partial charge in [-0.2, -0.15) is 0 Å².